The lowest BCUT2D eigenvalue weighted by molar-refractivity contribution is 0.314. The van der Waals surface area contributed by atoms with Gasteiger partial charge in [-0.3, -0.25) is 4.99 Å². The summed E-state index contributed by atoms with van der Waals surface area (Å²) in [6.45, 7) is 4.12. The van der Waals surface area contributed by atoms with Gasteiger partial charge in [-0.05, 0) is 48.1 Å². The van der Waals surface area contributed by atoms with Crippen LogP contribution in [0.15, 0.2) is 29.3 Å². The van der Waals surface area contributed by atoms with Gasteiger partial charge in [-0.15, -0.1) is 24.0 Å². The number of aliphatic imine (C=N–C) groups is 1. The Kier molecular flexibility index (Phi) is 5.52. The van der Waals surface area contributed by atoms with Crippen molar-refractivity contribution in [1.82, 2.24) is 5.32 Å². The van der Waals surface area contributed by atoms with E-state index in [0.29, 0.717) is 5.96 Å². The van der Waals surface area contributed by atoms with Crippen molar-refractivity contribution in [2.45, 2.75) is 39.0 Å². The van der Waals surface area contributed by atoms with Crippen LogP contribution in [-0.4, -0.2) is 19.0 Å². The van der Waals surface area contributed by atoms with Crippen molar-refractivity contribution in [3.8, 4) is 0 Å². The summed E-state index contributed by atoms with van der Waals surface area (Å²) in [5, 5.41) is 3.27. The summed E-state index contributed by atoms with van der Waals surface area (Å²) >= 11 is 0. The predicted molar refractivity (Wildman–Crippen MR) is 99.2 cm³/mol. The molecule has 1 aromatic rings. The fourth-order valence-corrected chi connectivity index (χ4v) is 3.27. The molecule has 2 aliphatic carbocycles. The molecule has 1 saturated carbocycles. The van der Waals surface area contributed by atoms with Gasteiger partial charge < -0.3 is 11.1 Å². The van der Waals surface area contributed by atoms with E-state index in [1.54, 1.807) is 0 Å². The minimum absolute atomic E-state index is 0. The molecule has 0 unspecified atom stereocenters. The van der Waals surface area contributed by atoms with Crippen LogP contribution in [0.4, 0.5) is 0 Å². The number of hydrogen-bond donors (Lipinski definition) is 2. The molecular weight excluding hydrogens is 373 g/mol. The number of nitrogens with two attached hydrogens (primary N) is 1. The van der Waals surface area contributed by atoms with Gasteiger partial charge in [0.1, 0.15) is 0 Å². The van der Waals surface area contributed by atoms with Gasteiger partial charge in [-0.1, -0.05) is 37.6 Å². The van der Waals surface area contributed by atoms with E-state index in [4.69, 9.17) is 5.73 Å². The first-order chi connectivity index (χ1) is 9.65. The molecule has 0 radical (unpaired) electrons. The monoisotopic (exact) mass is 399 g/mol. The van der Waals surface area contributed by atoms with Crippen LogP contribution in [0.2, 0.25) is 0 Å². The molecule has 116 valence electrons. The van der Waals surface area contributed by atoms with Crippen LogP contribution < -0.4 is 11.1 Å². The maximum Gasteiger partial charge on any atom is 0.188 e. The Bertz CT molecular complexity index is 484. The Balaban J connectivity index is 0.00000161. The van der Waals surface area contributed by atoms with E-state index < -0.39 is 0 Å². The molecule has 21 heavy (non-hydrogen) atoms. The highest BCUT2D eigenvalue weighted by Crippen LogP contribution is 2.36. The van der Waals surface area contributed by atoms with Crippen molar-refractivity contribution in [2.24, 2.45) is 22.1 Å². The number of halogens is 1. The lowest BCUT2D eigenvalue weighted by Gasteiger charge is -2.26. The number of fused-ring (bicyclic) bond motifs is 1. The van der Waals surface area contributed by atoms with Crippen molar-refractivity contribution < 1.29 is 0 Å². The van der Waals surface area contributed by atoms with Crippen LogP contribution in [0.5, 0.6) is 0 Å². The minimum atomic E-state index is 0. The second-order valence-electron chi connectivity index (χ2n) is 6.81. The number of benzene rings is 1. The summed E-state index contributed by atoms with van der Waals surface area (Å²) in [5.41, 5.74) is 9.17. The summed E-state index contributed by atoms with van der Waals surface area (Å²) in [5.74, 6) is 1.43. The van der Waals surface area contributed by atoms with Gasteiger partial charge in [0.2, 0.25) is 0 Å². The normalized spacial score (nSPS) is 20.3. The molecule has 0 bridgehead atoms. The molecule has 3 N–H and O–H groups in total. The van der Waals surface area contributed by atoms with Gasteiger partial charge in [-0.25, -0.2) is 0 Å². The van der Waals surface area contributed by atoms with E-state index in [2.05, 4.69) is 41.5 Å². The van der Waals surface area contributed by atoms with Crippen LogP contribution in [0.1, 0.15) is 37.3 Å². The zero-order valence-electron chi connectivity index (χ0n) is 12.8. The molecule has 2 aliphatic rings. The fourth-order valence-electron chi connectivity index (χ4n) is 3.27. The van der Waals surface area contributed by atoms with Crippen LogP contribution in [0.3, 0.4) is 0 Å². The number of guanidine groups is 1. The molecule has 0 atom stereocenters. The molecule has 0 spiro atoms. The third-order valence-electron chi connectivity index (χ3n) is 4.78. The van der Waals surface area contributed by atoms with E-state index in [9.17, 15) is 0 Å². The third-order valence-corrected chi connectivity index (χ3v) is 4.78. The Morgan fingerprint density at radius 2 is 1.90 bits per heavy atom. The average Bonchev–Trinajstić information content (AvgIpc) is 2.71. The zero-order chi connectivity index (χ0) is 14.0. The summed E-state index contributed by atoms with van der Waals surface area (Å²) in [7, 11) is 0. The number of rotatable bonds is 4. The van der Waals surface area contributed by atoms with Gasteiger partial charge in [-0.2, -0.15) is 0 Å². The zero-order valence-corrected chi connectivity index (χ0v) is 15.1. The van der Waals surface area contributed by atoms with Crippen LogP contribution in [-0.2, 0) is 12.8 Å². The first kappa shape index (κ1) is 16.6. The van der Waals surface area contributed by atoms with Crippen LogP contribution in [0, 0.1) is 11.3 Å². The Morgan fingerprint density at radius 3 is 2.43 bits per heavy atom. The lowest BCUT2D eigenvalue weighted by atomic mass is 9.85. The van der Waals surface area contributed by atoms with Crippen molar-refractivity contribution >= 4 is 29.9 Å². The molecule has 4 heteroatoms. The molecule has 1 aromatic carbocycles. The lowest BCUT2D eigenvalue weighted by Crippen LogP contribution is -2.38. The van der Waals surface area contributed by atoms with E-state index in [1.807, 2.05) is 0 Å². The minimum Gasteiger partial charge on any atom is -0.370 e. The first-order valence-electron chi connectivity index (χ1n) is 7.75. The van der Waals surface area contributed by atoms with Gasteiger partial charge >= 0.3 is 0 Å². The number of hydrogen-bond acceptors (Lipinski definition) is 1. The third kappa shape index (κ3) is 4.11. The maximum absolute atomic E-state index is 5.98. The molecule has 0 amide bonds. The second-order valence-corrected chi connectivity index (χ2v) is 6.81. The summed E-state index contributed by atoms with van der Waals surface area (Å²) in [6.07, 6.45) is 6.28. The van der Waals surface area contributed by atoms with E-state index in [-0.39, 0.29) is 29.4 Å². The van der Waals surface area contributed by atoms with E-state index in [0.717, 1.165) is 31.8 Å². The highest BCUT2D eigenvalue weighted by molar-refractivity contribution is 14.0. The van der Waals surface area contributed by atoms with Gasteiger partial charge in [0.05, 0.1) is 0 Å². The second kappa shape index (κ2) is 6.99. The van der Waals surface area contributed by atoms with E-state index >= 15 is 0 Å². The molecule has 0 aliphatic heterocycles. The molecule has 1 fully saturated rings. The quantitative estimate of drug-likeness (QED) is 0.465. The number of nitrogens with zero attached hydrogens (tertiary/aromatic N) is 1. The van der Waals surface area contributed by atoms with Crippen molar-refractivity contribution in [2.75, 3.05) is 13.1 Å². The fraction of sp³-hybridized carbons (Fsp3) is 0.588. The number of nitrogens with one attached hydrogen (secondary N) is 1. The maximum atomic E-state index is 5.98. The van der Waals surface area contributed by atoms with Gasteiger partial charge in [0.25, 0.3) is 0 Å². The standard InChI is InChI=1S/C17H25N3.HI/c1-17(9-14-7-2-3-8-15(14)10-17)12-20-16(18)19-11-13-5-4-6-13;/h2-3,7-8,13H,4-6,9-12H2,1H3,(H3,18,19,20);1H. The smallest absolute Gasteiger partial charge is 0.188 e. The summed E-state index contributed by atoms with van der Waals surface area (Å²) < 4.78 is 0. The Labute approximate surface area is 144 Å². The molecular formula is C17H26IN3. The van der Waals surface area contributed by atoms with Gasteiger partial charge in [0, 0.05) is 13.1 Å². The first-order valence-corrected chi connectivity index (χ1v) is 7.75. The van der Waals surface area contributed by atoms with Crippen molar-refractivity contribution in [3.05, 3.63) is 35.4 Å². The van der Waals surface area contributed by atoms with Crippen molar-refractivity contribution in [3.63, 3.8) is 0 Å². The molecule has 3 nitrogen and oxygen atoms in total. The average molecular weight is 399 g/mol. The van der Waals surface area contributed by atoms with Gasteiger partial charge in [0.15, 0.2) is 5.96 Å². The van der Waals surface area contributed by atoms with E-state index in [1.165, 1.54) is 30.4 Å². The summed E-state index contributed by atoms with van der Waals surface area (Å²) in [6, 6.07) is 8.73. The highest BCUT2D eigenvalue weighted by Gasteiger charge is 2.32. The highest BCUT2D eigenvalue weighted by atomic mass is 127. The largest absolute Gasteiger partial charge is 0.370 e. The summed E-state index contributed by atoms with van der Waals surface area (Å²) in [4.78, 5) is 4.57. The van der Waals surface area contributed by atoms with Crippen LogP contribution >= 0.6 is 24.0 Å². The van der Waals surface area contributed by atoms with Crippen molar-refractivity contribution in [1.29, 1.82) is 0 Å². The SMILES string of the molecule is CC1(CN=C(N)NCC2CCC2)Cc2ccccc2C1.I. The molecule has 0 aromatic heterocycles. The molecule has 3 rings (SSSR count). The topological polar surface area (TPSA) is 50.4 Å². The Hall–Kier alpha value is -0.780. The van der Waals surface area contributed by atoms with Crippen LogP contribution in [0.25, 0.3) is 0 Å². The predicted octanol–water partition coefficient (Wildman–Crippen LogP) is 3.11. The molecule has 0 saturated heterocycles. The Morgan fingerprint density at radius 1 is 1.29 bits per heavy atom. The molecule has 0 heterocycles.